The van der Waals surface area contributed by atoms with Gasteiger partial charge in [0, 0.05) is 12.3 Å². The number of halogens is 1. The first-order valence-corrected chi connectivity index (χ1v) is 5.25. The molecule has 0 unspecified atom stereocenters. The maximum Gasteiger partial charge on any atom is 0.131 e. The van der Waals surface area contributed by atoms with Crippen LogP contribution in [0, 0.1) is 6.92 Å². The molecule has 0 aliphatic heterocycles. The lowest BCUT2D eigenvalue weighted by atomic mass is 10.4. The predicted molar refractivity (Wildman–Crippen MR) is 60.4 cm³/mol. The highest BCUT2D eigenvalue weighted by Crippen LogP contribution is 2.12. The fourth-order valence-corrected chi connectivity index (χ4v) is 1.66. The van der Waals surface area contributed by atoms with Crippen LogP contribution in [0.15, 0.2) is 23.2 Å². The van der Waals surface area contributed by atoms with Gasteiger partial charge in [0.1, 0.15) is 16.2 Å². The van der Waals surface area contributed by atoms with Crippen LogP contribution in [0.2, 0.25) is 0 Å². The number of aromatic nitrogens is 4. The zero-order valence-corrected chi connectivity index (χ0v) is 9.74. The normalized spacial score (nSPS) is 10.3. The van der Waals surface area contributed by atoms with E-state index in [1.807, 2.05) is 13.0 Å². The second kappa shape index (κ2) is 4.39. The van der Waals surface area contributed by atoms with Gasteiger partial charge in [-0.2, -0.15) is 0 Å². The van der Waals surface area contributed by atoms with Crippen molar-refractivity contribution < 1.29 is 0 Å². The largest absolute Gasteiger partial charge is 0.364 e. The van der Waals surface area contributed by atoms with Gasteiger partial charge in [-0.15, -0.1) is 0 Å². The van der Waals surface area contributed by atoms with E-state index >= 15 is 0 Å². The third-order valence-electron chi connectivity index (χ3n) is 1.82. The topological polar surface area (TPSA) is 66.5 Å². The van der Waals surface area contributed by atoms with E-state index in [9.17, 15) is 0 Å². The van der Waals surface area contributed by atoms with Gasteiger partial charge >= 0.3 is 0 Å². The average molecular weight is 268 g/mol. The van der Waals surface area contributed by atoms with Crippen molar-refractivity contribution in [3.63, 3.8) is 0 Å². The van der Waals surface area contributed by atoms with E-state index in [2.05, 4.69) is 41.2 Å². The molecule has 0 amide bonds. The minimum Gasteiger partial charge on any atom is -0.364 e. The molecule has 0 saturated heterocycles. The van der Waals surface area contributed by atoms with Crippen LogP contribution in [-0.2, 0) is 6.54 Å². The molecule has 0 spiro atoms. The molecule has 0 fully saturated rings. The number of nitrogens with zero attached hydrogens (tertiary/aromatic N) is 3. The molecule has 0 saturated carbocycles. The van der Waals surface area contributed by atoms with Gasteiger partial charge in [0.15, 0.2) is 0 Å². The average Bonchev–Trinajstić information content (AvgIpc) is 2.65. The SMILES string of the molecule is Cc1nc(Br)cc(NCc2cnc[nH]2)n1. The minimum absolute atomic E-state index is 0.670. The second-order valence-corrected chi connectivity index (χ2v) is 3.87. The molecule has 0 radical (unpaired) electrons. The summed E-state index contributed by atoms with van der Waals surface area (Å²) in [5.74, 6) is 1.53. The molecule has 6 heteroatoms. The maximum absolute atomic E-state index is 4.25. The van der Waals surface area contributed by atoms with Gasteiger partial charge in [0.2, 0.25) is 0 Å². The molecule has 5 nitrogen and oxygen atoms in total. The van der Waals surface area contributed by atoms with Gasteiger partial charge in [-0.1, -0.05) is 0 Å². The zero-order valence-electron chi connectivity index (χ0n) is 8.16. The van der Waals surface area contributed by atoms with Crippen LogP contribution in [-0.4, -0.2) is 19.9 Å². The predicted octanol–water partition coefficient (Wildman–Crippen LogP) is 1.88. The molecule has 15 heavy (non-hydrogen) atoms. The number of imidazole rings is 1. The first-order valence-electron chi connectivity index (χ1n) is 4.46. The van der Waals surface area contributed by atoms with E-state index in [0.717, 1.165) is 21.9 Å². The van der Waals surface area contributed by atoms with Gasteiger partial charge in [-0.3, -0.25) is 0 Å². The highest BCUT2D eigenvalue weighted by molar-refractivity contribution is 9.10. The summed E-state index contributed by atoms with van der Waals surface area (Å²) in [6.07, 6.45) is 3.42. The van der Waals surface area contributed by atoms with Crippen LogP contribution in [0.1, 0.15) is 11.5 Å². The van der Waals surface area contributed by atoms with Crippen LogP contribution >= 0.6 is 15.9 Å². The first-order chi connectivity index (χ1) is 7.24. The van der Waals surface area contributed by atoms with Crippen molar-refractivity contribution in [1.82, 2.24) is 19.9 Å². The summed E-state index contributed by atoms with van der Waals surface area (Å²) in [5, 5.41) is 3.18. The van der Waals surface area contributed by atoms with Crippen molar-refractivity contribution in [3.05, 3.63) is 34.7 Å². The van der Waals surface area contributed by atoms with Gasteiger partial charge in [-0.25, -0.2) is 15.0 Å². The summed E-state index contributed by atoms with van der Waals surface area (Å²) in [4.78, 5) is 15.3. The Morgan fingerprint density at radius 3 is 3.00 bits per heavy atom. The highest BCUT2D eigenvalue weighted by Gasteiger charge is 1.99. The lowest BCUT2D eigenvalue weighted by molar-refractivity contribution is 0.993. The Bertz CT molecular complexity index is 420. The fraction of sp³-hybridized carbons (Fsp3) is 0.222. The molecule has 2 N–H and O–H groups in total. The van der Waals surface area contributed by atoms with Crippen LogP contribution in [0.3, 0.4) is 0 Å². The van der Waals surface area contributed by atoms with Crippen molar-refractivity contribution in [1.29, 1.82) is 0 Å². The van der Waals surface area contributed by atoms with Crippen LogP contribution in [0.5, 0.6) is 0 Å². The number of aromatic amines is 1. The molecule has 0 aliphatic carbocycles. The molecule has 2 aromatic heterocycles. The Kier molecular flexibility index (Phi) is 2.96. The van der Waals surface area contributed by atoms with E-state index in [1.54, 1.807) is 12.5 Å². The number of hydrogen-bond donors (Lipinski definition) is 2. The Balaban J connectivity index is 2.05. The quantitative estimate of drug-likeness (QED) is 0.834. The summed E-state index contributed by atoms with van der Waals surface area (Å²) in [6.45, 7) is 2.52. The van der Waals surface area contributed by atoms with Gasteiger partial charge in [0.25, 0.3) is 0 Å². The van der Waals surface area contributed by atoms with Crippen molar-refractivity contribution in [3.8, 4) is 0 Å². The van der Waals surface area contributed by atoms with Gasteiger partial charge < -0.3 is 10.3 Å². The van der Waals surface area contributed by atoms with Crippen LogP contribution < -0.4 is 5.32 Å². The monoisotopic (exact) mass is 267 g/mol. The Morgan fingerprint density at radius 1 is 1.47 bits per heavy atom. The Hall–Kier alpha value is -1.43. The van der Waals surface area contributed by atoms with Crippen LogP contribution in [0.4, 0.5) is 5.82 Å². The standard InChI is InChI=1S/C9H10BrN5/c1-6-14-8(10)2-9(15-6)12-4-7-3-11-5-13-7/h2-3,5H,4H2,1H3,(H,11,13)(H,12,14,15). The summed E-state index contributed by atoms with van der Waals surface area (Å²) in [6, 6.07) is 1.84. The third kappa shape index (κ3) is 2.76. The van der Waals surface area contributed by atoms with E-state index in [-0.39, 0.29) is 0 Å². The lowest BCUT2D eigenvalue weighted by Gasteiger charge is -2.04. The summed E-state index contributed by atoms with van der Waals surface area (Å²) < 4.78 is 0.780. The number of nitrogens with one attached hydrogen (secondary N) is 2. The number of H-pyrrole nitrogens is 1. The number of hydrogen-bond acceptors (Lipinski definition) is 4. The van der Waals surface area contributed by atoms with Crippen molar-refractivity contribution in [2.75, 3.05) is 5.32 Å². The smallest absolute Gasteiger partial charge is 0.131 e. The Labute approximate surface area is 95.5 Å². The first kappa shape index (κ1) is 10.1. The fourth-order valence-electron chi connectivity index (χ4n) is 1.19. The number of aryl methyl sites for hydroxylation is 1. The molecule has 2 rings (SSSR count). The van der Waals surface area contributed by atoms with Gasteiger partial charge in [-0.05, 0) is 22.9 Å². The van der Waals surface area contributed by atoms with Crippen molar-refractivity contribution in [2.45, 2.75) is 13.5 Å². The summed E-state index contributed by atoms with van der Waals surface area (Å²) >= 11 is 3.32. The Morgan fingerprint density at radius 2 is 2.33 bits per heavy atom. The molecular formula is C9H10BrN5. The molecule has 0 aromatic carbocycles. The lowest BCUT2D eigenvalue weighted by Crippen LogP contribution is -2.03. The van der Waals surface area contributed by atoms with Gasteiger partial charge in [0.05, 0.1) is 18.6 Å². The van der Waals surface area contributed by atoms with Crippen molar-refractivity contribution in [2.24, 2.45) is 0 Å². The number of rotatable bonds is 3. The summed E-state index contributed by atoms with van der Waals surface area (Å²) in [5.41, 5.74) is 1.02. The van der Waals surface area contributed by atoms with E-state index in [0.29, 0.717) is 6.54 Å². The number of anilines is 1. The third-order valence-corrected chi connectivity index (χ3v) is 2.23. The van der Waals surface area contributed by atoms with E-state index < -0.39 is 0 Å². The molecule has 78 valence electrons. The molecule has 2 aromatic rings. The second-order valence-electron chi connectivity index (χ2n) is 3.05. The zero-order chi connectivity index (χ0) is 10.7. The molecular weight excluding hydrogens is 258 g/mol. The van der Waals surface area contributed by atoms with E-state index in [4.69, 9.17) is 0 Å². The van der Waals surface area contributed by atoms with Crippen molar-refractivity contribution >= 4 is 21.7 Å². The summed E-state index contributed by atoms with van der Waals surface area (Å²) in [7, 11) is 0. The van der Waals surface area contributed by atoms with Crippen LogP contribution in [0.25, 0.3) is 0 Å². The minimum atomic E-state index is 0.670. The maximum atomic E-state index is 4.25. The highest BCUT2D eigenvalue weighted by atomic mass is 79.9. The molecule has 2 heterocycles. The molecule has 0 atom stereocenters. The molecule has 0 aliphatic rings. The molecule has 0 bridgehead atoms. The van der Waals surface area contributed by atoms with E-state index in [1.165, 1.54) is 0 Å².